The highest BCUT2D eigenvalue weighted by Crippen LogP contribution is 2.58. The van der Waals surface area contributed by atoms with E-state index in [0.29, 0.717) is 21.3 Å². The van der Waals surface area contributed by atoms with Gasteiger partial charge >= 0.3 is 6.18 Å². The fraction of sp³-hybridized carbons (Fsp3) is 0.148. The van der Waals surface area contributed by atoms with E-state index in [1.54, 1.807) is 54.6 Å². The lowest BCUT2D eigenvalue weighted by Crippen LogP contribution is -2.28. The largest absolute Gasteiger partial charge is 0.418 e. The molecule has 41 heavy (non-hydrogen) atoms. The van der Waals surface area contributed by atoms with E-state index in [1.165, 1.54) is 16.9 Å². The molecule has 1 aliphatic rings. The van der Waals surface area contributed by atoms with Crippen LogP contribution in [0.1, 0.15) is 29.1 Å². The number of amides is 1. The number of halogens is 6. The molecule has 0 radical (unpaired) electrons. The summed E-state index contributed by atoms with van der Waals surface area (Å²) in [5.41, 5.74) is -1.42. The zero-order chi connectivity index (χ0) is 28.9. The molecule has 8 nitrogen and oxygen atoms in total. The Labute approximate surface area is 245 Å². The van der Waals surface area contributed by atoms with Crippen molar-refractivity contribution in [2.45, 2.75) is 24.4 Å². The molecule has 0 unspecified atom stereocenters. The molecular formula is C27H16Cl3F3N6O2. The van der Waals surface area contributed by atoms with Crippen molar-refractivity contribution in [2.75, 3.05) is 5.32 Å². The van der Waals surface area contributed by atoms with Gasteiger partial charge in [-0.05, 0) is 55.3 Å². The summed E-state index contributed by atoms with van der Waals surface area (Å²) in [6.45, 7) is 0. The number of hydrogen-bond donors (Lipinski definition) is 1. The molecule has 0 saturated heterocycles. The predicted octanol–water partition coefficient (Wildman–Crippen LogP) is 7.79. The Hall–Kier alpha value is -3.93. The van der Waals surface area contributed by atoms with Gasteiger partial charge in [-0.15, -0.1) is 10.2 Å². The van der Waals surface area contributed by atoms with Gasteiger partial charge in [0.2, 0.25) is 5.89 Å². The number of hydrogen-bond acceptors (Lipinski definition) is 6. The van der Waals surface area contributed by atoms with E-state index in [0.717, 1.165) is 0 Å². The lowest BCUT2D eigenvalue weighted by Gasteiger charge is -2.14. The van der Waals surface area contributed by atoms with Gasteiger partial charge in [-0.3, -0.25) is 4.79 Å². The topological polar surface area (TPSA) is 98.7 Å². The molecule has 0 spiro atoms. The molecule has 208 valence electrons. The van der Waals surface area contributed by atoms with E-state index in [1.807, 2.05) is 0 Å². The van der Waals surface area contributed by atoms with Gasteiger partial charge in [-0.25, -0.2) is 9.67 Å². The summed E-state index contributed by atoms with van der Waals surface area (Å²) in [6, 6.07) is 16.1. The minimum atomic E-state index is -4.58. The van der Waals surface area contributed by atoms with Crippen molar-refractivity contribution in [1.82, 2.24) is 25.0 Å². The Kier molecular flexibility index (Phi) is 6.75. The number of carbonyl (C=O) groups excluding carboxylic acids is 1. The summed E-state index contributed by atoms with van der Waals surface area (Å²) in [5, 5.41) is 15.9. The van der Waals surface area contributed by atoms with Crippen LogP contribution < -0.4 is 5.32 Å². The van der Waals surface area contributed by atoms with Crippen molar-refractivity contribution in [3.8, 4) is 28.5 Å². The van der Waals surface area contributed by atoms with Crippen LogP contribution in [0.15, 0.2) is 71.3 Å². The number of nitrogens with zero attached hydrogens (tertiary/aromatic N) is 5. The summed E-state index contributed by atoms with van der Waals surface area (Å²) in [4.78, 5) is 18.0. The second-order valence-electron chi connectivity index (χ2n) is 9.25. The van der Waals surface area contributed by atoms with Gasteiger partial charge in [0.25, 0.3) is 11.8 Å². The third kappa shape index (κ3) is 4.94. The van der Waals surface area contributed by atoms with Crippen LogP contribution in [0, 0.1) is 0 Å². The van der Waals surface area contributed by atoms with E-state index >= 15 is 0 Å². The van der Waals surface area contributed by atoms with Crippen LogP contribution in [0.25, 0.3) is 28.5 Å². The average Bonchev–Trinajstić information content (AvgIpc) is 3.46. The van der Waals surface area contributed by atoms with Gasteiger partial charge in [0.15, 0.2) is 5.69 Å². The number of alkyl halides is 3. The summed E-state index contributed by atoms with van der Waals surface area (Å²) in [6.07, 6.45) is -3.46. The fourth-order valence-corrected chi connectivity index (χ4v) is 4.97. The zero-order valence-corrected chi connectivity index (χ0v) is 22.9. The first-order valence-electron chi connectivity index (χ1n) is 12.1. The van der Waals surface area contributed by atoms with Crippen LogP contribution in [-0.2, 0) is 5.41 Å². The molecule has 1 saturated carbocycles. The van der Waals surface area contributed by atoms with Crippen molar-refractivity contribution in [3.63, 3.8) is 0 Å². The molecule has 1 aliphatic carbocycles. The smallest absolute Gasteiger partial charge is 0.403 e. The van der Waals surface area contributed by atoms with E-state index < -0.39 is 23.4 Å². The number of carbonyl (C=O) groups is 1. The molecule has 2 aromatic carbocycles. The molecule has 0 bridgehead atoms. The highest BCUT2D eigenvalue weighted by atomic mass is 35.5. The summed E-state index contributed by atoms with van der Waals surface area (Å²) >= 11 is 18.8. The fourth-order valence-electron chi connectivity index (χ4n) is 4.36. The van der Waals surface area contributed by atoms with Crippen molar-refractivity contribution in [2.24, 2.45) is 0 Å². The SMILES string of the molecule is O=C(Nc1ccccn1)c1c(-c2nnc(C3(C(F)(F)F)CC3)o2)nn(-c2ccc(Cl)cc2Cl)c1-c1ccc(Cl)cc1. The number of nitrogens with one attached hydrogen (secondary N) is 1. The Morgan fingerprint density at radius 1 is 0.976 bits per heavy atom. The van der Waals surface area contributed by atoms with Gasteiger partial charge in [-0.1, -0.05) is 53.0 Å². The van der Waals surface area contributed by atoms with Crippen LogP contribution in [0.5, 0.6) is 0 Å². The van der Waals surface area contributed by atoms with Crippen LogP contribution in [0.4, 0.5) is 19.0 Å². The third-order valence-electron chi connectivity index (χ3n) is 6.60. The monoisotopic (exact) mass is 618 g/mol. The van der Waals surface area contributed by atoms with Crippen molar-refractivity contribution >= 4 is 46.5 Å². The van der Waals surface area contributed by atoms with Crippen molar-refractivity contribution in [1.29, 1.82) is 0 Å². The second-order valence-corrected chi connectivity index (χ2v) is 10.5. The maximum atomic E-state index is 13.9. The van der Waals surface area contributed by atoms with Gasteiger partial charge in [-0.2, -0.15) is 18.3 Å². The van der Waals surface area contributed by atoms with Gasteiger partial charge in [0.05, 0.1) is 22.0 Å². The normalized spacial score (nSPS) is 14.2. The molecule has 0 atom stereocenters. The summed E-state index contributed by atoms with van der Waals surface area (Å²) in [7, 11) is 0. The van der Waals surface area contributed by atoms with Crippen LogP contribution in [-0.4, -0.2) is 37.0 Å². The lowest BCUT2D eigenvalue weighted by atomic mass is 10.0. The number of anilines is 1. The van der Waals surface area contributed by atoms with E-state index in [4.69, 9.17) is 39.2 Å². The Balaban J connectivity index is 1.60. The molecular weight excluding hydrogens is 604 g/mol. The molecule has 3 heterocycles. The first-order chi connectivity index (χ1) is 19.6. The molecule has 0 aliphatic heterocycles. The predicted molar refractivity (Wildman–Crippen MR) is 146 cm³/mol. The maximum Gasteiger partial charge on any atom is 0.403 e. The average molecular weight is 620 g/mol. The molecule has 14 heteroatoms. The van der Waals surface area contributed by atoms with E-state index in [2.05, 4.69) is 25.6 Å². The van der Waals surface area contributed by atoms with Crippen LogP contribution in [0.3, 0.4) is 0 Å². The maximum absolute atomic E-state index is 13.9. The second kappa shape index (κ2) is 10.2. The first-order valence-corrected chi connectivity index (χ1v) is 13.2. The molecule has 5 aromatic rings. The van der Waals surface area contributed by atoms with Crippen LogP contribution in [0.2, 0.25) is 15.1 Å². The molecule has 6 rings (SSSR count). The Morgan fingerprint density at radius 2 is 1.71 bits per heavy atom. The van der Waals surface area contributed by atoms with E-state index in [-0.39, 0.29) is 46.5 Å². The van der Waals surface area contributed by atoms with Crippen molar-refractivity contribution < 1.29 is 22.4 Å². The molecule has 1 N–H and O–H groups in total. The summed E-state index contributed by atoms with van der Waals surface area (Å²) in [5.74, 6) is -1.43. The first kappa shape index (κ1) is 27.3. The van der Waals surface area contributed by atoms with Crippen LogP contribution >= 0.6 is 34.8 Å². The Morgan fingerprint density at radius 3 is 2.34 bits per heavy atom. The quantitative estimate of drug-likeness (QED) is 0.208. The number of rotatable bonds is 6. The Bertz CT molecular complexity index is 1770. The minimum absolute atomic E-state index is 0.0731. The highest BCUT2D eigenvalue weighted by molar-refractivity contribution is 6.35. The lowest BCUT2D eigenvalue weighted by molar-refractivity contribution is -0.165. The molecule has 1 fully saturated rings. The molecule has 1 amide bonds. The molecule has 3 aromatic heterocycles. The van der Waals surface area contributed by atoms with Gasteiger partial charge in [0.1, 0.15) is 11.2 Å². The minimum Gasteiger partial charge on any atom is -0.418 e. The number of aromatic nitrogens is 5. The third-order valence-corrected chi connectivity index (χ3v) is 7.39. The highest BCUT2D eigenvalue weighted by Gasteiger charge is 2.68. The number of pyridine rings is 1. The van der Waals surface area contributed by atoms with Gasteiger partial charge in [0, 0.05) is 21.8 Å². The van der Waals surface area contributed by atoms with E-state index in [9.17, 15) is 18.0 Å². The number of benzene rings is 2. The summed E-state index contributed by atoms with van der Waals surface area (Å²) < 4.78 is 48.4. The zero-order valence-electron chi connectivity index (χ0n) is 20.6. The standard InChI is InChI=1S/C27H16Cl3F3N6O2/c28-15-6-4-14(5-7-15)22-20(23(40)35-19-3-1-2-12-34-19)21(38-39(22)18-9-8-16(29)13-17(18)30)24-36-37-25(41-24)26(10-11-26)27(31,32)33/h1-9,12-13H,10-11H2,(H,34,35,40). The van der Waals surface area contributed by atoms with Crippen molar-refractivity contribution in [3.05, 3.63) is 93.4 Å². The van der Waals surface area contributed by atoms with Gasteiger partial charge < -0.3 is 9.73 Å².